The Bertz CT molecular complexity index is 556. The molecule has 0 fully saturated rings. The van der Waals surface area contributed by atoms with Crippen LogP contribution in [-0.4, -0.2) is 20.7 Å². The van der Waals surface area contributed by atoms with Gasteiger partial charge >= 0.3 is 120 Å². The van der Waals surface area contributed by atoms with Crippen molar-refractivity contribution in [3.63, 3.8) is 0 Å². The van der Waals surface area contributed by atoms with Gasteiger partial charge in [0.15, 0.2) is 0 Å². The zero-order valence-electron chi connectivity index (χ0n) is 10.9. The molecule has 0 radical (unpaired) electrons. The molecule has 0 aliphatic rings. The molecule has 0 saturated heterocycles. The van der Waals surface area contributed by atoms with Crippen molar-refractivity contribution in [1.29, 1.82) is 0 Å². The summed E-state index contributed by atoms with van der Waals surface area (Å²) in [7, 11) is 0. The van der Waals surface area contributed by atoms with Gasteiger partial charge in [0.05, 0.1) is 0 Å². The predicted octanol–water partition coefficient (Wildman–Crippen LogP) is 3.35. The molecule has 2 rings (SSSR count). The van der Waals surface area contributed by atoms with Gasteiger partial charge in [-0.3, -0.25) is 0 Å². The minimum absolute atomic E-state index is 0.114. The van der Waals surface area contributed by atoms with E-state index in [0.29, 0.717) is 15.0 Å². The Morgan fingerprint density at radius 3 is 2.37 bits per heavy atom. The molecular weight excluding hydrogens is 299 g/mol. The van der Waals surface area contributed by atoms with Gasteiger partial charge in [-0.2, -0.15) is 0 Å². The molecule has 0 aliphatic heterocycles. The van der Waals surface area contributed by atoms with E-state index in [0.717, 1.165) is 16.4 Å². The number of carbonyl (C=O) groups excluding carboxylic acids is 1. The quantitative estimate of drug-likeness (QED) is 0.611. The first-order chi connectivity index (χ1) is 9.25. The molecule has 0 N–H and O–H groups in total. The van der Waals surface area contributed by atoms with Crippen molar-refractivity contribution in [1.82, 2.24) is 0 Å². The normalized spacial score (nSPS) is 10.8. The van der Waals surface area contributed by atoms with Crippen molar-refractivity contribution in [2.45, 2.75) is 12.2 Å². The van der Waals surface area contributed by atoms with Gasteiger partial charge in [-0.05, 0) is 0 Å². The maximum absolute atomic E-state index is 11.2. The Morgan fingerprint density at radius 1 is 1.05 bits per heavy atom. The third-order valence-electron chi connectivity index (χ3n) is 2.72. The predicted molar refractivity (Wildman–Crippen MR) is 82.1 cm³/mol. The second-order valence-electron chi connectivity index (χ2n) is 4.20. The van der Waals surface area contributed by atoms with Gasteiger partial charge in [0, 0.05) is 0 Å². The van der Waals surface area contributed by atoms with E-state index in [-0.39, 0.29) is 5.78 Å². The molecule has 0 aromatic heterocycles. The fraction of sp³-hybridized carbons (Fsp3) is 0.118. The Labute approximate surface area is 120 Å². The fourth-order valence-corrected chi connectivity index (χ4v) is 3.22. The van der Waals surface area contributed by atoms with E-state index >= 15 is 0 Å². The molecule has 0 unspecified atom stereocenters. The van der Waals surface area contributed by atoms with Crippen LogP contribution >= 0.6 is 0 Å². The summed E-state index contributed by atoms with van der Waals surface area (Å²) >= 11 is 0.497. The molecule has 2 aromatic carbocycles. The van der Waals surface area contributed by atoms with Crippen LogP contribution in [0.25, 0.3) is 6.08 Å². The van der Waals surface area contributed by atoms with Crippen molar-refractivity contribution < 1.29 is 4.79 Å². The van der Waals surface area contributed by atoms with Crippen LogP contribution in [0.15, 0.2) is 60.7 Å². The molecule has 0 spiro atoms. The third kappa shape index (κ3) is 4.51. The number of hydrogen-bond acceptors (Lipinski definition) is 1. The summed E-state index contributed by atoms with van der Waals surface area (Å²) in [5.41, 5.74) is 1.92. The van der Waals surface area contributed by atoms with Gasteiger partial charge in [-0.15, -0.1) is 0 Å². The van der Waals surface area contributed by atoms with E-state index in [4.69, 9.17) is 0 Å². The van der Waals surface area contributed by atoms with E-state index in [1.54, 1.807) is 6.92 Å². The molecule has 2 aromatic rings. The Kier molecular flexibility index (Phi) is 5.14. The zero-order chi connectivity index (χ0) is 13.5. The van der Waals surface area contributed by atoms with Crippen molar-refractivity contribution in [3.8, 4) is 0 Å². The van der Waals surface area contributed by atoms with Gasteiger partial charge in [-0.25, -0.2) is 0 Å². The van der Waals surface area contributed by atoms with E-state index in [2.05, 4.69) is 36.4 Å². The van der Waals surface area contributed by atoms with Crippen molar-refractivity contribution in [2.24, 2.45) is 0 Å². The summed E-state index contributed by atoms with van der Waals surface area (Å²) < 4.78 is 1.42. The summed E-state index contributed by atoms with van der Waals surface area (Å²) in [5.74, 6) is 0.114. The van der Waals surface area contributed by atoms with E-state index in [9.17, 15) is 4.79 Å². The first-order valence-electron chi connectivity index (χ1n) is 6.21. The molecule has 0 amide bonds. The minimum atomic E-state index is 0.114. The molecule has 0 atom stereocenters. The molecular formula is C17H16OSe. The second kappa shape index (κ2) is 7.08. The molecule has 2 heteroatoms. The topological polar surface area (TPSA) is 17.1 Å². The molecule has 0 bridgehead atoms. The molecule has 96 valence electrons. The van der Waals surface area contributed by atoms with Crippen LogP contribution in [0.1, 0.15) is 22.8 Å². The SMILES string of the molecule is CC(=O)c1ccc(/C=C/C[Se]c2ccccc2)cc1. The number of rotatable bonds is 5. The van der Waals surface area contributed by atoms with Gasteiger partial charge in [-0.1, -0.05) is 0 Å². The van der Waals surface area contributed by atoms with Crippen molar-refractivity contribution >= 4 is 31.3 Å². The van der Waals surface area contributed by atoms with Crippen LogP contribution in [0.5, 0.6) is 0 Å². The van der Waals surface area contributed by atoms with Crippen LogP contribution in [0.2, 0.25) is 5.32 Å². The number of hydrogen-bond donors (Lipinski definition) is 0. The van der Waals surface area contributed by atoms with E-state index in [1.807, 2.05) is 30.3 Å². The number of Topliss-reactive ketones (excluding diaryl/α,β-unsaturated/α-hetero) is 1. The summed E-state index contributed by atoms with van der Waals surface area (Å²) in [6.45, 7) is 1.59. The van der Waals surface area contributed by atoms with Crippen LogP contribution in [0.4, 0.5) is 0 Å². The fourth-order valence-electron chi connectivity index (χ4n) is 1.67. The maximum atomic E-state index is 11.2. The summed E-state index contributed by atoms with van der Waals surface area (Å²) in [6.07, 6.45) is 4.32. The van der Waals surface area contributed by atoms with E-state index in [1.165, 1.54) is 4.46 Å². The van der Waals surface area contributed by atoms with Crippen molar-refractivity contribution in [3.05, 3.63) is 71.8 Å². The van der Waals surface area contributed by atoms with Crippen LogP contribution in [0, 0.1) is 0 Å². The Morgan fingerprint density at radius 2 is 1.74 bits per heavy atom. The average molecular weight is 315 g/mol. The van der Waals surface area contributed by atoms with Crippen LogP contribution in [-0.2, 0) is 0 Å². The first-order valence-corrected chi connectivity index (χ1v) is 8.28. The monoisotopic (exact) mass is 316 g/mol. The number of carbonyl (C=O) groups is 1. The van der Waals surface area contributed by atoms with Crippen molar-refractivity contribution in [2.75, 3.05) is 0 Å². The first kappa shape index (κ1) is 13.8. The summed E-state index contributed by atoms with van der Waals surface area (Å²) in [5, 5.41) is 1.09. The average Bonchev–Trinajstić information content (AvgIpc) is 2.45. The number of allylic oxidation sites excluding steroid dienone is 1. The number of benzene rings is 2. The Hall–Kier alpha value is -1.63. The standard InChI is InChI=1S/C17H16OSe/c1-14(18)16-11-9-15(10-12-16)6-5-13-19-17-7-3-2-4-8-17/h2-12H,13H2,1H3/b6-5+. The Balaban J connectivity index is 1.87. The van der Waals surface area contributed by atoms with Gasteiger partial charge < -0.3 is 0 Å². The third-order valence-corrected chi connectivity index (χ3v) is 4.74. The molecule has 0 heterocycles. The zero-order valence-corrected chi connectivity index (χ0v) is 12.6. The number of ketones is 1. The van der Waals surface area contributed by atoms with Crippen LogP contribution < -0.4 is 4.46 Å². The molecule has 19 heavy (non-hydrogen) atoms. The summed E-state index contributed by atoms with van der Waals surface area (Å²) in [4.78, 5) is 11.2. The molecule has 0 aliphatic carbocycles. The summed E-state index contributed by atoms with van der Waals surface area (Å²) in [6, 6.07) is 18.3. The van der Waals surface area contributed by atoms with Gasteiger partial charge in [0.25, 0.3) is 0 Å². The van der Waals surface area contributed by atoms with E-state index < -0.39 is 0 Å². The molecule has 1 nitrogen and oxygen atoms in total. The molecule has 0 saturated carbocycles. The second-order valence-corrected chi connectivity index (χ2v) is 6.50. The van der Waals surface area contributed by atoms with Gasteiger partial charge in [0.1, 0.15) is 0 Å². The van der Waals surface area contributed by atoms with Gasteiger partial charge in [0.2, 0.25) is 0 Å². The van der Waals surface area contributed by atoms with Crippen LogP contribution in [0.3, 0.4) is 0 Å².